The third-order valence-electron chi connectivity index (χ3n) is 10.3. The molecule has 0 bridgehead atoms. The Bertz CT molecular complexity index is 1390. The molecule has 6 heteroatoms. The van der Waals surface area contributed by atoms with Crippen LogP contribution in [0.1, 0.15) is 207 Å². The van der Waals surface area contributed by atoms with Crippen molar-refractivity contribution in [3.63, 3.8) is 0 Å². The zero-order valence-corrected chi connectivity index (χ0v) is 41.0. The Balaban J connectivity index is 4.60. The first-order valence-electron chi connectivity index (χ1n) is 25.6. The maximum absolute atomic E-state index is 12.8. The molecule has 0 heterocycles. The van der Waals surface area contributed by atoms with Gasteiger partial charge in [0.25, 0.3) is 0 Å². The molecule has 1 atom stereocenters. The fourth-order valence-corrected chi connectivity index (χ4v) is 6.43. The molecule has 0 radical (unpaired) electrons. The maximum Gasteiger partial charge on any atom is 0.306 e. The zero-order chi connectivity index (χ0) is 46.5. The number of esters is 3. The van der Waals surface area contributed by atoms with Gasteiger partial charge in [0.2, 0.25) is 0 Å². The first-order valence-corrected chi connectivity index (χ1v) is 25.6. The van der Waals surface area contributed by atoms with Crippen LogP contribution in [0.5, 0.6) is 0 Å². The van der Waals surface area contributed by atoms with Crippen LogP contribution in [0.2, 0.25) is 0 Å². The van der Waals surface area contributed by atoms with Crippen LogP contribution in [0.25, 0.3) is 0 Å². The summed E-state index contributed by atoms with van der Waals surface area (Å²) in [5.41, 5.74) is 0. The summed E-state index contributed by atoms with van der Waals surface area (Å²) >= 11 is 0. The Hall–Kier alpha value is -4.19. The summed E-state index contributed by atoms with van der Waals surface area (Å²) in [6, 6.07) is 0. The standard InChI is InChI=1S/C58H92O6/c1-4-7-10-13-16-19-22-25-27-29-31-33-36-39-42-45-48-51-57(60)63-54-55(53-62-56(59)50-47-44-41-38-35-32-24-21-18-15-12-9-6-3)64-58(61)52-49-46-43-40-37-34-30-28-26-23-20-17-14-11-8-5-2/h9,12,15-16,18-19,21,24-25,27-28,30-35,37,39,42,55H,4-8,10-11,13-14,17,20,22-23,26,29,36,38,40-41,43-54H2,1-3H3/b12-9+,18-15+,19-16+,24-21+,27-25+,30-28+,33-31+,35-32+,37-34+,42-39+. The number of allylic oxidation sites excluding steroid dienone is 20. The maximum atomic E-state index is 12.8. The molecule has 360 valence electrons. The van der Waals surface area contributed by atoms with E-state index in [0.717, 1.165) is 83.5 Å². The molecule has 0 amide bonds. The summed E-state index contributed by atoms with van der Waals surface area (Å²) in [6.07, 6.45) is 70.5. The number of rotatable bonds is 44. The van der Waals surface area contributed by atoms with Crippen molar-refractivity contribution in [2.24, 2.45) is 0 Å². The van der Waals surface area contributed by atoms with Crippen molar-refractivity contribution >= 4 is 17.9 Å². The normalized spacial score (nSPS) is 13.1. The van der Waals surface area contributed by atoms with Crippen molar-refractivity contribution in [3.8, 4) is 0 Å². The smallest absolute Gasteiger partial charge is 0.306 e. The molecule has 6 nitrogen and oxygen atoms in total. The summed E-state index contributed by atoms with van der Waals surface area (Å²) in [5.74, 6) is -1.06. The number of hydrogen-bond acceptors (Lipinski definition) is 6. The van der Waals surface area contributed by atoms with Gasteiger partial charge >= 0.3 is 17.9 Å². The highest BCUT2D eigenvalue weighted by atomic mass is 16.6. The van der Waals surface area contributed by atoms with Crippen LogP contribution in [0.15, 0.2) is 122 Å². The summed E-state index contributed by atoms with van der Waals surface area (Å²) < 4.78 is 16.7. The van der Waals surface area contributed by atoms with E-state index < -0.39 is 6.10 Å². The third-order valence-corrected chi connectivity index (χ3v) is 10.3. The molecule has 0 aliphatic heterocycles. The van der Waals surface area contributed by atoms with Crippen LogP contribution in [0.4, 0.5) is 0 Å². The van der Waals surface area contributed by atoms with Gasteiger partial charge in [-0.3, -0.25) is 14.4 Å². The van der Waals surface area contributed by atoms with E-state index in [1.807, 2.05) is 36.5 Å². The monoisotopic (exact) mass is 885 g/mol. The average molecular weight is 885 g/mol. The van der Waals surface area contributed by atoms with Crippen molar-refractivity contribution in [2.75, 3.05) is 13.2 Å². The molecule has 0 saturated carbocycles. The fraction of sp³-hybridized carbons (Fsp3) is 0.603. The summed E-state index contributed by atoms with van der Waals surface area (Å²) in [5, 5.41) is 0. The van der Waals surface area contributed by atoms with Crippen molar-refractivity contribution in [3.05, 3.63) is 122 Å². The van der Waals surface area contributed by atoms with E-state index in [9.17, 15) is 14.4 Å². The lowest BCUT2D eigenvalue weighted by molar-refractivity contribution is -0.167. The van der Waals surface area contributed by atoms with E-state index in [2.05, 4.69) is 106 Å². The van der Waals surface area contributed by atoms with E-state index in [-0.39, 0.29) is 44.0 Å². The second-order valence-electron chi connectivity index (χ2n) is 16.5. The van der Waals surface area contributed by atoms with Crippen molar-refractivity contribution in [2.45, 2.75) is 213 Å². The molecule has 0 aromatic heterocycles. The lowest BCUT2D eigenvalue weighted by Crippen LogP contribution is -2.30. The van der Waals surface area contributed by atoms with Crippen LogP contribution in [0, 0.1) is 0 Å². The van der Waals surface area contributed by atoms with Crippen molar-refractivity contribution in [1.29, 1.82) is 0 Å². The van der Waals surface area contributed by atoms with Crippen LogP contribution < -0.4 is 0 Å². The van der Waals surface area contributed by atoms with Gasteiger partial charge < -0.3 is 14.2 Å². The summed E-state index contributed by atoms with van der Waals surface area (Å²) in [4.78, 5) is 37.9. The molecular formula is C58H92O6. The molecule has 0 aromatic rings. The average Bonchev–Trinajstić information content (AvgIpc) is 3.29. The topological polar surface area (TPSA) is 78.9 Å². The highest BCUT2D eigenvalue weighted by Crippen LogP contribution is 2.11. The van der Waals surface area contributed by atoms with Gasteiger partial charge in [-0.25, -0.2) is 0 Å². The molecule has 64 heavy (non-hydrogen) atoms. The first-order chi connectivity index (χ1) is 31.5. The summed E-state index contributed by atoms with van der Waals surface area (Å²) in [6.45, 7) is 6.34. The Morgan fingerprint density at radius 2 is 0.688 bits per heavy atom. The van der Waals surface area contributed by atoms with Gasteiger partial charge in [-0.2, -0.15) is 0 Å². The predicted octanol–water partition coefficient (Wildman–Crippen LogP) is 16.9. The van der Waals surface area contributed by atoms with Gasteiger partial charge in [0, 0.05) is 19.3 Å². The SMILES string of the molecule is CC/C=C/C=C/C=C/C=C/CCCCCC(=O)OCC(COC(=O)CCC/C=C/C/C=C/C/C=C/C/C=C/CCCCC)OC(=O)CCCCC/C=C/C=C/CCCCCCCCC. The van der Waals surface area contributed by atoms with Crippen LogP contribution in [0.3, 0.4) is 0 Å². The highest BCUT2D eigenvalue weighted by molar-refractivity contribution is 5.71. The molecule has 0 spiro atoms. The van der Waals surface area contributed by atoms with Crippen molar-refractivity contribution < 1.29 is 28.6 Å². The molecule has 1 unspecified atom stereocenters. The Labute approximate surface area is 392 Å². The van der Waals surface area contributed by atoms with Gasteiger partial charge in [0.1, 0.15) is 13.2 Å². The first kappa shape index (κ1) is 59.8. The molecule has 0 N–H and O–H groups in total. The molecule has 0 aliphatic rings. The van der Waals surface area contributed by atoms with E-state index in [4.69, 9.17) is 14.2 Å². The molecule has 0 saturated heterocycles. The van der Waals surface area contributed by atoms with E-state index in [0.29, 0.717) is 19.3 Å². The fourth-order valence-electron chi connectivity index (χ4n) is 6.43. The number of carbonyl (C=O) groups is 3. The quantitative estimate of drug-likeness (QED) is 0.0199. The molecule has 0 aromatic carbocycles. The Kier molecular flexibility index (Phi) is 48.1. The van der Waals surface area contributed by atoms with Gasteiger partial charge in [0.05, 0.1) is 0 Å². The van der Waals surface area contributed by atoms with E-state index in [1.165, 1.54) is 70.6 Å². The second kappa shape index (κ2) is 51.4. The minimum Gasteiger partial charge on any atom is -0.462 e. The molecular weight excluding hydrogens is 793 g/mol. The lowest BCUT2D eigenvalue weighted by atomic mass is 10.1. The Morgan fingerprint density at radius 3 is 1.20 bits per heavy atom. The lowest BCUT2D eigenvalue weighted by Gasteiger charge is -2.18. The molecule has 0 aliphatic carbocycles. The number of carbonyl (C=O) groups excluding carboxylic acids is 3. The second-order valence-corrected chi connectivity index (χ2v) is 16.5. The van der Waals surface area contributed by atoms with Crippen LogP contribution in [-0.4, -0.2) is 37.2 Å². The van der Waals surface area contributed by atoms with Crippen LogP contribution in [-0.2, 0) is 28.6 Å². The highest BCUT2D eigenvalue weighted by Gasteiger charge is 2.19. The molecule has 0 fully saturated rings. The van der Waals surface area contributed by atoms with Crippen molar-refractivity contribution in [1.82, 2.24) is 0 Å². The van der Waals surface area contributed by atoms with Gasteiger partial charge in [0.15, 0.2) is 6.10 Å². The van der Waals surface area contributed by atoms with Gasteiger partial charge in [-0.1, -0.05) is 206 Å². The summed E-state index contributed by atoms with van der Waals surface area (Å²) in [7, 11) is 0. The van der Waals surface area contributed by atoms with E-state index >= 15 is 0 Å². The predicted molar refractivity (Wildman–Crippen MR) is 274 cm³/mol. The van der Waals surface area contributed by atoms with Gasteiger partial charge in [-0.05, 0) is 103 Å². The Morgan fingerprint density at radius 1 is 0.344 bits per heavy atom. The number of unbranched alkanes of at least 4 members (excludes halogenated alkanes) is 17. The third kappa shape index (κ3) is 48.8. The number of hydrogen-bond donors (Lipinski definition) is 0. The minimum absolute atomic E-state index is 0.130. The van der Waals surface area contributed by atoms with E-state index in [1.54, 1.807) is 0 Å². The van der Waals surface area contributed by atoms with Crippen LogP contribution >= 0.6 is 0 Å². The zero-order valence-electron chi connectivity index (χ0n) is 41.0. The number of ether oxygens (including phenoxy) is 3. The van der Waals surface area contributed by atoms with Gasteiger partial charge in [-0.15, -0.1) is 0 Å². The molecule has 0 rings (SSSR count). The largest absolute Gasteiger partial charge is 0.462 e. The minimum atomic E-state index is -0.833.